The molecule has 2 aromatic rings. The SMILES string of the molecule is CN=C(NCc1ccc(Cl)cc1OC)N1CCC(C)C(n2ccnc2)C1.I. The van der Waals surface area contributed by atoms with Gasteiger partial charge in [-0.25, -0.2) is 4.98 Å². The van der Waals surface area contributed by atoms with Crippen molar-refractivity contribution in [3.63, 3.8) is 0 Å². The number of ether oxygens (including phenoxy) is 1. The predicted octanol–water partition coefficient (Wildman–Crippen LogP) is 3.82. The summed E-state index contributed by atoms with van der Waals surface area (Å²) < 4.78 is 7.63. The molecule has 1 fully saturated rings. The van der Waals surface area contributed by atoms with Crippen LogP contribution in [0.3, 0.4) is 0 Å². The standard InChI is InChI=1S/C19H26ClN5O.HI/c1-14-6-8-24(12-17(14)25-9-7-22-13-25)19(21-2)23-11-15-4-5-16(20)10-18(15)26-3;/h4-5,7,9-10,13-14,17H,6,8,11-12H2,1-3H3,(H,21,23);1H. The summed E-state index contributed by atoms with van der Waals surface area (Å²) in [7, 11) is 3.48. The molecule has 0 spiro atoms. The third kappa shape index (κ3) is 5.28. The van der Waals surface area contributed by atoms with Crippen LogP contribution < -0.4 is 10.1 Å². The smallest absolute Gasteiger partial charge is 0.193 e. The summed E-state index contributed by atoms with van der Waals surface area (Å²) in [4.78, 5) is 11.0. The van der Waals surface area contributed by atoms with Gasteiger partial charge in [0.15, 0.2) is 5.96 Å². The first kappa shape index (κ1) is 21.8. The van der Waals surface area contributed by atoms with Crippen LogP contribution in [-0.4, -0.2) is 47.7 Å². The number of halogens is 2. The molecular formula is C19H27ClIN5O. The number of guanidine groups is 1. The second-order valence-electron chi connectivity index (χ2n) is 6.65. The van der Waals surface area contributed by atoms with E-state index in [9.17, 15) is 0 Å². The summed E-state index contributed by atoms with van der Waals surface area (Å²) in [5.74, 6) is 2.29. The van der Waals surface area contributed by atoms with Gasteiger partial charge in [0.25, 0.3) is 0 Å². The molecule has 1 saturated heterocycles. The molecule has 0 amide bonds. The molecule has 1 N–H and O–H groups in total. The van der Waals surface area contributed by atoms with Crippen molar-refractivity contribution in [3.8, 4) is 5.75 Å². The van der Waals surface area contributed by atoms with Gasteiger partial charge in [-0.15, -0.1) is 24.0 Å². The van der Waals surface area contributed by atoms with E-state index in [4.69, 9.17) is 16.3 Å². The number of piperidine rings is 1. The Morgan fingerprint density at radius 2 is 2.26 bits per heavy atom. The van der Waals surface area contributed by atoms with E-state index in [1.165, 1.54) is 0 Å². The van der Waals surface area contributed by atoms with Crippen LogP contribution in [0.25, 0.3) is 0 Å². The van der Waals surface area contributed by atoms with E-state index in [1.807, 2.05) is 44.0 Å². The van der Waals surface area contributed by atoms with Crippen molar-refractivity contribution in [1.29, 1.82) is 0 Å². The maximum absolute atomic E-state index is 6.05. The molecule has 148 valence electrons. The number of likely N-dealkylation sites (tertiary alicyclic amines) is 1. The molecule has 1 aliphatic heterocycles. The molecule has 3 rings (SSSR count). The molecule has 27 heavy (non-hydrogen) atoms. The quantitative estimate of drug-likeness (QED) is 0.392. The molecule has 1 aromatic heterocycles. The van der Waals surface area contributed by atoms with Crippen LogP contribution in [0.15, 0.2) is 41.9 Å². The van der Waals surface area contributed by atoms with E-state index in [0.717, 1.165) is 36.8 Å². The number of benzene rings is 1. The van der Waals surface area contributed by atoms with Gasteiger partial charge < -0.3 is 19.5 Å². The highest BCUT2D eigenvalue weighted by Crippen LogP contribution is 2.28. The average molecular weight is 504 g/mol. The Bertz CT molecular complexity index is 753. The van der Waals surface area contributed by atoms with E-state index in [-0.39, 0.29) is 24.0 Å². The number of rotatable bonds is 4. The summed E-state index contributed by atoms with van der Waals surface area (Å²) in [5.41, 5.74) is 1.05. The Kier molecular flexibility index (Phi) is 8.22. The first-order valence-corrected chi connectivity index (χ1v) is 9.25. The van der Waals surface area contributed by atoms with Crippen LogP contribution in [0, 0.1) is 5.92 Å². The van der Waals surface area contributed by atoms with Gasteiger partial charge in [-0.2, -0.15) is 0 Å². The van der Waals surface area contributed by atoms with Crippen molar-refractivity contribution >= 4 is 41.5 Å². The summed E-state index contributed by atoms with van der Waals surface area (Å²) in [6.07, 6.45) is 6.90. The van der Waals surface area contributed by atoms with Crippen LogP contribution in [0.2, 0.25) is 5.02 Å². The Morgan fingerprint density at radius 3 is 2.93 bits per heavy atom. The zero-order valence-electron chi connectivity index (χ0n) is 15.9. The molecular weight excluding hydrogens is 477 g/mol. The maximum Gasteiger partial charge on any atom is 0.193 e. The molecule has 0 bridgehead atoms. The minimum Gasteiger partial charge on any atom is -0.496 e. The highest BCUT2D eigenvalue weighted by molar-refractivity contribution is 14.0. The zero-order valence-corrected chi connectivity index (χ0v) is 19.0. The topological polar surface area (TPSA) is 54.7 Å². The molecule has 1 aliphatic rings. The van der Waals surface area contributed by atoms with Gasteiger partial charge in [-0.05, 0) is 24.5 Å². The van der Waals surface area contributed by atoms with Crippen molar-refractivity contribution in [3.05, 3.63) is 47.5 Å². The predicted molar refractivity (Wildman–Crippen MR) is 120 cm³/mol. The summed E-state index contributed by atoms with van der Waals surface area (Å²) >= 11 is 6.05. The number of hydrogen-bond acceptors (Lipinski definition) is 3. The minimum atomic E-state index is 0. The third-order valence-corrected chi connectivity index (χ3v) is 5.26. The molecule has 2 heterocycles. The van der Waals surface area contributed by atoms with Crippen molar-refractivity contribution in [1.82, 2.24) is 19.8 Å². The first-order chi connectivity index (χ1) is 12.6. The van der Waals surface area contributed by atoms with Gasteiger partial charge in [-0.1, -0.05) is 24.6 Å². The van der Waals surface area contributed by atoms with Crippen LogP contribution in [0.1, 0.15) is 24.9 Å². The van der Waals surface area contributed by atoms with Gasteiger partial charge in [0.1, 0.15) is 5.75 Å². The lowest BCUT2D eigenvalue weighted by Crippen LogP contribution is -2.48. The normalized spacial score (nSPS) is 20.1. The molecule has 0 radical (unpaired) electrons. The zero-order chi connectivity index (χ0) is 18.5. The van der Waals surface area contributed by atoms with Gasteiger partial charge in [0.2, 0.25) is 0 Å². The molecule has 0 saturated carbocycles. The lowest BCUT2D eigenvalue weighted by molar-refractivity contribution is 0.189. The number of nitrogens with zero attached hydrogens (tertiary/aromatic N) is 4. The fourth-order valence-corrected chi connectivity index (χ4v) is 3.63. The van der Waals surface area contributed by atoms with Crippen molar-refractivity contribution in [2.24, 2.45) is 10.9 Å². The highest BCUT2D eigenvalue weighted by Gasteiger charge is 2.28. The number of hydrogen-bond donors (Lipinski definition) is 1. The van der Waals surface area contributed by atoms with Crippen LogP contribution in [0.4, 0.5) is 0 Å². The van der Waals surface area contributed by atoms with E-state index in [0.29, 0.717) is 23.5 Å². The van der Waals surface area contributed by atoms with E-state index < -0.39 is 0 Å². The lowest BCUT2D eigenvalue weighted by Gasteiger charge is -2.39. The number of imidazole rings is 1. The van der Waals surface area contributed by atoms with Gasteiger partial charge in [0.05, 0.1) is 19.5 Å². The van der Waals surface area contributed by atoms with Crippen LogP contribution in [-0.2, 0) is 6.54 Å². The molecule has 6 nitrogen and oxygen atoms in total. The summed E-state index contributed by atoms with van der Waals surface area (Å²) in [5, 5.41) is 4.13. The summed E-state index contributed by atoms with van der Waals surface area (Å²) in [6.45, 7) is 4.84. The Balaban J connectivity index is 0.00000261. The van der Waals surface area contributed by atoms with E-state index in [1.54, 1.807) is 7.11 Å². The molecule has 2 atom stereocenters. The number of aromatic nitrogens is 2. The second kappa shape index (κ2) is 10.2. The Hall–Kier alpha value is -1.48. The van der Waals surface area contributed by atoms with E-state index in [2.05, 4.69) is 31.7 Å². The molecule has 8 heteroatoms. The summed E-state index contributed by atoms with van der Waals surface area (Å²) in [6, 6.07) is 6.09. The third-order valence-electron chi connectivity index (χ3n) is 5.02. The fourth-order valence-electron chi connectivity index (χ4n) is 3.47. The average Bonchev–Trinajstić information content (AvgIpc) is 3.18. The van der Waals surface area contributed by atoms with Crippen molar-refractivity contribution in [2.75, 3.05) is 27.2 Å². The van der Waals surface area contributed by atoms with E-state index >= 15 is 0 Å². The highest BCUT2D eigenvalue weighted by atomic mass is 127. The van der Waals surface area contributed by atoms with Gasteiger partial charge in [0, 0.05) is 49.7 Å². The molecule has 2 unspecified atom stereocenters. The fraction of sp³-hybridized carbons (Fsp3) is 0.474. The number of methoxy groups -OCH3 is 1. The largest absolute Gasteiger partial charge is 0.496 e. The first-order valence-electron chi connectivity index (χ1n) is 8.87. The lowest BCUT2D eigenvalue weighted by atomic mass is 9.93. The second-order valence-corrected chi connectivity index (χ2v) is 7.08. The Morgan fingerprint density at radius 1 is 1.44 bits per heavy atom. The van der Waals surface area contributed by atoms with Crippen molar-refractivity contribution < 1.29 is 4.74 Å². The molecule has 0 aliphatic carbocycles. The monoisotopic (exact) mass is 503 g/mol. The van der Waals surface area contributed by atoms with Crippen molar-refractivity contribution in [2.45, 2.75) is 25.9 Å². The maximum atomic E-state index is 6.05. The minimum absolute atomic E-state index is 0. The number of nitrogens with one attached hydrogen (secondary N) is 1. The van der Waals surface area contributed by atoms with Gasteiger partial charge >= 0.3 is 0 Å². The van der Waals surface area contributed by atoms with Crippen LogP contribution >= 0.6 is 35.6 Å². The Labute approximate surface area is 183 Å². The van der Waals surface area contributed by atoms with Gasteiger partial charge in [-0.3, -0.25) is 4.99 Å². The van der Waals surface area contributed by atoms with Crippen LogP contribution in [0.5, 0.6) is 5.75 Å². The number of aliphatic imine (C=N–C) groups is 1. The molecule has 1 aromatic carbocycles.